The average molecular weight is 453 g/mol. The Kier molecular flexibility index (Phi) is 6.91. The van der Waals surface area contributed by atoms with Crippen molar-refractivity contribution in [3.8, 4) is 11.3 Å². The lowest BCUT2D eigenvalue weighted by atomic mass is 10.00. The number of hydrogen-bond donors (Lipinski definition) is 2. The minimum atomic E-state index is -4.64. The highest BCUT2D eigenvalue weighted by Gasteiger charge is 2.34. The third-order valence-electron chi connectivity index (χ3n) is 4.79. The van der Waals surface area contributed by atoms with E-state index in [0.717, 1.165) is 23.8 Å². The smallest absolute Gasteiger partial charge is 0.398 e. The molecule has 33 heavy (non-hydrogen) atoms. The number of aromatic nitrogens is 2. The molecular formula is C24H22F3N5O. The number of nitrogens with two attached hydrogens (primary N) is 1. The molecule has 3 aromatic rings. The Morgan fingerprint density at radius 1 is 1.09 bits per heavy atom. The van der Waals surface area contributed by atoms with Crippen molar-refractivity contribution in [2.24, 2.45) is 10.7 Å². The van der Waals surface area contributed by atoms with Crippen LogP contribution in [0, 0.1) is 13.8 Å². The van der Waals surface area contributed by atoms with Crippen molar-refractivity contribution < 1.29 is 18.0 Å². The van der Waals surface area contributed by atoms with Gasteiger partial charge in [0.2, 0.25) is 0 Å². The van der Waals surface area contributed by atoms with E-state index in [1.54, 1.807) is 13.8 Å². The SMILES string of the molecule is CN=CC=C(N)c1cc(C(=O)Nc2c(C)nc(C)nc2-c2ccccc2)ccc1C(F)(F)F. The molecule has 0 spiro atoms. The summed E-state index contributed by atoms with van der Waals surface area (Å²) in [5.74, 6) is -0.0914. The van der Waals surface area contributed by atoms with Gasteiger partial charge in [0.15, 0.2) is 0 Å². The van der Waals surface area contributed by atoms with Crippen molar-refractivity contribution in [2.45, 2.75) is 20.0 Å². The fourth-order valence-corrected chi connectivity index (χ4v) is 3.27. The zero-order chi connectivity index (χ0) is 24.2. The van der Waals surface area contributed by atoms with Gasteiger partial charge in [0.25, 0.3) is 5.91 Å². The number of nitrogens with zero attached hydrogens (tertiary/aromatic N) is 3. The highest BCUT2D eigenvalue weighted by Crippen LogP contribution is 2.35. The van der Waals surface area contributed by atoms with Crippen molar-refractivity contribution >= 4 is 23.5 Å². The molecule has 0 aliphatic heterocycles. The number of halogens is 3. The second-order valence-corrected chi connectivity index (χ2v) is 7.19. The summed E-state index contributed by atoms with van der Waals surface area (Å²) in [5.41, 5.74) is 6.62. The molecule has 0 aliphatic rings. The first-order valence-electron chi connectivity index (χ1n) is 9.93. The molecule has 170 valence electrons. The maximum absolute atomic E-state index is 13.5. The maximum atomic E-state index is 13.5. The van der Waals surface area contributed by atoms with Crippen LogP contribution in [0.2, 0.25) is 0 Å². The first kappa shape index (κ1) is 23.6. The number of hydrogen-bond acceptors (Lipinski definition) is 5. The molecule has 0 fully saturated rings. The Morgan fingerprint density at radius 3 is 2.42 bits per heavy atom. The van der Waals surface area contributed by atoms with Gasteiger partial charge in [-0.2, -0.15) is 13.2 Å². The fraction of sp³-hybridized carbons (Fsp3) is 0.167. The largest absolute Gasteiger partial charge is 0.417 e. The van der Waals surface area contributed by atoms with E-state index in [4.69, 9.17) is 5.73 Å². The third kappa shape index (κ3) is 5.43. The van der Waals surface area contributed by atoms with Crippen molar-refractivity contribution in [2.75, 3.05) is 12.4 Å². The van der Waals surface area contributed by atoms with Gasteiger partial charge in [-0.05, 0) is 38.1 Å². The predicted octanol–water partition coefficient (Wildman–Crippen LogP) is 5.03. The Morgan fingerprint density at radius 2 is 1.79 bits per heavy atom. The molecule has 0 radical (unpaired) electrons. The molecule has 0 aliphatic carbocycles. The number of aliphatic imine (C=N–C) groups is 1. The second-order valence-electron chi connectivity index (χ2n) is 7.19. The fourth-order valence-electron chi connectivity index (χ4n) is 3.27. The zero-order valence-corrected chi connectivity index (χ0v) is 18.2. The monoisotopic (exact) mass is 453 g/mol. The van der Waals surface area contributed by atoms with Gasteiger partial charge in [-0.15, -0.1) is 0 Å². The van der Waals surface area contributed by atoms with Crippen LogP contribution >= 0.6 is 0 Å². The molecule has 0 atom stereocenters. The zero-order valence-electron chi connectivity index (χ0n) is 18.2. The van der Waals surface area contributed by atoms with Gasteiger partial charge in [0.1, 0.15) is 5.82 Å². The lowest BCUT2D eigenvalue weighted by molar-refractivity contribution is -0.137. The lowest BCUT2D eigenvalue weighted by Crippen LogP contribution is -2.18. The van der Waals surface area contributed by atoms with E-state index in [1.165, 1.54) is 19.3 Å². The van der Waals surface area contributed by atoms with Crippen LogP contribution < -0.4 is 11.1 Å². The van der Waals surface area contributed by atoms with E-state index < -0.39 is 17.6 Å². The summed E-state index contributed by atoms with van der Waals surface area (Å²) < 4.78 is 40.5. The first-order valence-corrected chi connectivity index (χ1v) is 9.93. The van der Waals surface area contributed by atoms with E-state index >= 15 is 0 Å². The van der Waals surface area contributed by atoms with Gasteiger partial charge in [-0.1, -0.05) is 30.3 Å². The summed E-state index contributed by atoms with van der Waals surface area (Å²) in [4.78, 5) is 25.5. The molecule has 1 amide bonds. The highest BCUT2D eigenvalue weighted by atomic mass is 19.4. The molecule has 1 heterocycles. The summed E-state index contributed by atoms with van der Waals surface area (Å²) in [6, 6.07) is 12.3. The van der Waals surface area contributed by atoms with E-state index in [1.807, 2.05) is 30.3 Å². The maximum Gasteiger partial charge on any atom is 0.417 e. The Bertz CT molecular complexity index is 1230. The highest BCUT2D eigenvalue weighted by molar-refractivity contribution is 6.07. The van der Waals surface area contributed by atoms with Crippen LogP contribution in [-0.4, -0.2) is 29.1 Å². The van der Waals surface area contributed by atoms with Crippen LogP contribution in [0.1, 0.15) is 33.0 Å². The molecule has 1 aromatic heterocycles. The van der Waals surface area contributed by atoms with Crippen molar-refractivity contribution in [3.63, 3.8) is 0 Å². The number of carbonyl (C=O) groups is 1. The molecule has 0 saturated carbocycles. The topological polar surface area (TPSA) is 93.3 Å². The summed E-state index contributed by atoms with van der Waals surface area (Å²) >= 11 is 0. The van der Waals surface area contributed by atoms with E-state index in [0.29, 0.717) is 22.9 Å². The number of allylic oxidation sites excluding steroid dienone is 1. The number of nitrogens with one attached hydrogen (secondary N) is 1. The standard InChI is InChI=1S/C24H22F3N5O/c1-14-21(22(31-15(2)30-14)16-7-5-4-6-8-16)32-23(33)17-9-10-19(24(25,26)27)18(13-17)20(28)11-12-29-3/h4-13H,28H2,1-3H3,(H,32,33). The van der Waals surface area contributed by atoms with Gasteiger partial charge in [-0.25, -0.2) is 9.97 Å². The summed E-state index contributed by atoms with van der Waals surface area (Å²) in [7, 11) is 1.47. The Labute approximate surface area is 189 Å². The number of carbonyl (C=O) groups excluding carboxylic acids is 1. The van der Waals surface area contributed by atoms with Gasteiger partial charge in [0, 0.05) is 35.6 Å². The van der Waals surface area contributed by atoms with E-state index in [9.17, 15) is 18.0 Å². The number of rotatable bonds is 5. The average Bonchev–Trinajstić information content (AvgIpc) is 2.78. The van der Waals surface area contributed by atoms with Crippen LogP contribution in [0.15, 0.2) is 59.6 Å². The normalized spacial score (nSPS) is 12.2. The summed E-state index contributed by atoms with van der Waals surface area (Å²) in [6.45, 7) is 3.46. The number of aryl methyl sites for hydroxylation is 2. The second kappa shape index (κ2) is 9.64. The van der Waals surface area contributed by atoms with Gasteiger partial charge < -0.3 is 11.1 Å². The molecule has 0 saturated heterocycles. The van der Waals surface area contributed by atoms with Gasteiger partial charge in [0.05, 0.1) is 22.6 Å². The Balaban J connectivity index is 2.06. The van der Waals surface area contributed by atoms with Crippen LogP contribution in [0.25, 0.3) is 17.0 Å². The van der Waals surface area contributed by atoms with Crippen molar-refractivity contribution in [3.05, 3.63) is 82.8 Å². The molecule has 2 aromatic carbocycles. The van der Waals surface area contributed by atoms with Crippen LogP contribution in [-0.2, 0) is 6.18 Å². The molecule has 6 nitrogen and oxygen atoms in total. The molecule has 0 bridgehead atoms. The molecule has 3 rings (SSSR count). The minimum absolute atomic E-state index is 0.00164. The predicted molar refractivity (Wildman–Crippen MR) is 123 cm³/mol. The number of anilines is 1. The van der Waals surface area contributed by atoms with E-state index in [-0.39, 0.29) is 16.8 Å². The van der Waals surface area contributed by atoms with Crippen LogP contribution in [0.4, 0.5) is 18.9 Å². The minimum Gasteiger partial charge on any atom is -0.398 e. The molecule has 9 heteroatoms. The van der Waals surface area contributed by atoms with Gasteiger partial charge in [-0.3, -0.25) is 9.79 Å². The molecule has 3 N–H and O–H groups in total. The number of benzene rings is 2. The number of amides is 1. The van der Waals surface area contributed by atoms with Gasteiger partial charge >= 0.3 is 6.18 Å². The molecular weight excluding hydrogens is 431 g/mol. The van der Waals surface area contributed by atoms with Crippen molar-refractivity contribution in [1.29, 1.82) is 0 Å². The van der Waals surface area contributed by atoms with Crippen molar-refractivity contribution in [1.82, 2.24) is 9.97 Å². The van der Waals surface area contributed by atoms with E-state index in [2.05, 4.69) is 20.3 Å². The molecule has 0 unspecified atom stereocenters. The Hall–Kier alpha value is -4.01. The number of alkyl halides is 3. The lowest BCUT2D eigenvalue weighted by Gasteiger charge is -2.16. The summed E-state index contributed by atoms with van der Waals surface area (Å²) in [6.07, 6.45) is -2.12. The first-order chi connectivity index (χ1) is 15.6. The summed E-state index contributed by atoms with van der Waals surface area (Å²) in [5, 5.41) is 2.76. The third-order valence-corrected chi connectivity index (χ3v) is 4.79. The van der Waals surface area contributed by atoms with Crippen LogP contribution in [0.3, 0.4) is 0 Å². The van der Waals surface area contributed by atoms with Crippen LogP contribution in [0.5, 0.6) is 0 Å². The quantitative estimate of drug-likeness (QED) is 0.530.